The summed E-state index contributed by atoms with van der Waals surface area (Å²) in [6.07, 6.45) is 8.53. The summed E-state index contributed by atoms with van der Waals surface area (Å²) in [6.45, 7) is 0. The monoisotopic (exact) mass is 578 g/mol. The summed E-state index contributed by atoms with van der Waals surface area (Å²) >= 11 is 6.08. The van der Waals surface area contributed by atoms with Crippen LogP contribution in [0.25, 0.3) is 5.65 Å². The molecule has 0 saturated heterocycles. The minimum absolute atomic E-state index is 0.0201. The van der Waals surface area contributed by atoms with Gasteiger partial charge >= 0.3 is 6.09 Å². The third-order valence-corrected chi connectivity index (χ3v) is 7.41. The van der Waals surface area contributed by atoms with Crippen LogP contribution in [0.5, 0.6) is 5.75 Å². The summed E-state index contributed by atoms with van der Waals surface area (Å²) in [4.78, 5) is 33.6. The molecule has 2 fully saturated rings. The zero-order valence-corrected chi connectivity index (χ0v) is 22.7. The van der Waals surface area contributed by atoms with Crippen molar-refractivity contribution in [3.63, 3.8) is 0 Å². The summed E-state index contributed by atoms with van der Waals surface area (Å²) in [5.74, 6) is -0.280. The average Bonchev–Trinajstić information content (AvgIpc) is 3.67. The number of amides is 2. The number of carbonyl (C=O) groups is 2. The Bertz CT molecular complexity index is 1590. The first-order valence-corrected chi connectivity index (χ1v) is 13.9. The largest absolute Gasteiger partial charge is 0.412 e. The molecule has 0 spiro atoms. The maximum atomic E-state index is 14.1. The molecule has 0 atom stereocenters. The number of halogens is 2. The number of anilines is 3. The highest BCUT2D eigenvalue weighted by atomic mass is 35.5. The van der Waals surface area contributed by atoms with E-state index >= 15 is 0 Å². The number of imidazole rings is 1. The number of hydrogen-bond acceptors (Lipinski definition) is 8. The fourth-order valence-corrected chi connectivity index (χ4v) is 5.00. The van der Waals surface area contributed by atoms with Crippen molar-refractivity contribution in [1.82, 2.24) is 24.9 Å². The van der Waals surface area contributed by atoms with Crippen molar-refractivity contribution in [3.05, 3.63) is 71.5 Å². The van der Waals surface area contributed by atoms with Crippen LogP contribution in [0.15, 0.2) is 55.0 Å². The zero-order chi connectivity index (χ0) is 28.3. The number of carbonyl (C=O) groups excluding carboxylic acids is 2. The molecule has 0 unspecified atom stereocenters. The smallest absolute Gasteiger partial charge is 0.409 e. The third-order valence-electron chi connectivity index (χ3n) is 7.10. The molecule has 41 heavy (non-hydrogen) atoms. The second-order valence-corrected chi connectivity index (χ2v) is 10.6. The van der Waals surface area contributed by atoms with Gasteiger partial charge in [0.2, 0.25) is 0 Å². The minimum atomic E-state index is -0.636. The Morgan fingerprint density at radius 3 is 2.44 bits per heavy atom. The lowest BCUT2D eigenvalue weighted by molar-refractivity contribution is 0.102. The first kappa shape index (κ1) is 26.8. The maximum absolute atomic E-state index is 14.1. The molecule has 4 N–H and O–H groups in total. The molecule has 3 heterocycles. The van der Waals surface area contributed by atoms with Crippen molar-refractivity contribution < 1.29 is 18.7 Å². The molecule has 2 aliphatic rings. The quantitative estimate of drug-likeness (QED) is 0.222. The van der Waals surface area contributed by atoms with Crippen LogP contribution in [0.2, 0.25) is 5.02 Å². The van der Waals surface area contributed by atoms with Crippen LogP contribution in [-0.4, -0.2) is 49.7 Å². The molecule has 3 aromatic heterocycles. The molecule has 212 valence electrons. The number of nitrogens with zero attached hydrogens (tertiary/aromatic N) is 4. The van der Waals surface area contributed by atoms with Crippen molar-refractivity contribution in [2.75, 3.05) is 16.0 Å². The number of para-hydroxylation sites is 1. The molecule has 6 rings (SSSR count). The Hall–Kier alpha value is -4.45. The van der Waals surface area contributed by atoms with Gasteiger partial charge < -0.3 is 26.0 Å². The Kier molecular flexibility index (Phi) is 7.55. The molecule has 13 heteroatoms. The summed E-state index contributed by atoms with van der Waals surface area (Å²) in [6, 6.07) is 10.5. The number of nitrogens with one attached hydrogen (secondary N) is 4. The number of rotatable bonds is 8. The topological polar surface area (TPSA) is 135 Å². The van der Waals surface area contributed by atoms with Gasteiger partial charge in [0.1, 0.15) is 5.82 Å². The highest BCUT2D eigenvalue weighted by Gasteiger charge is 2.27. The van der Waals surface area contributed by atoms with Gasteiger partial charge in [0.05, 0.1) is 28.8 Å². The number of ether oxygens (including phenoxy) is 1. The summed E-state index contributed by atoms with van der Waals surface area (Å²) in [5.41, 5.74) is 1.46. The van der Waals surface area contributed by atoms with E-state index in [4.69, 9.17) is 16.3 Å². The minimum Gasteiger partial charge on any atom is -0.409 e. The predicted molar refractivity (Wildman–Crippen MR) is 152 cm³/mol. The van der Waals surface area contributed by atoms with Crippen molar-refractivity contribution in [1.29, 1.82) is 0 Å². The van der Waals surface area contributed by atoms with Crippen LogP contribution in [0.4, 0.5) is 26.4 Å². The van der Waals surface area contributed by atoms with Crippen molar-refractivity contribution in [3.8, 4) is 5.75 Å². The van der Waals surface area contributed by atoms with Crippen LogP contribution in [0, 0.1) is 5.82 Å². The maximum Gasteiger partial charge on any atom is 0.412 e. The summed E-state index contributed by atoms with van der Waals surface area (Å²) in [7, 11) is 0. The lowest BCUT2D eigenvalue weighted by Crippen LogP contribution is -2.41. The lowest BCUT2D eigenvalue weighted by atomic mass is 9.91. The normalized spacial score (nSPS) is 18.5. The van der Waals surface area contributed by atoms with Crippen LogP contribution >= 0.6 is 11.6 Å². The van der Waals surface area contributed by atoms with E-state index in [-0.39, 0.29) is 23.5 Å². The Labute approximate surface area is 239 Å². The number of aromatic nitrogens is 4. The highest BCUT2D eigenvalue weighted by Crippen LogP contribution is 2.30. The first-order valence-electron chi connectivity index (χ1n) is 13.5. The molecule has 2 amide bonds. The van der Waals surface area contributed by atoms with Gasteiger partial charge in [0.15, 0.2) is 22.9 Å². The van der Waals surface area contributed by atoms with Gasteiger partial charge in [-0.15, -0.1) is 5.10 Å². The number of pyridine rings is 1. The molecule has 0 bridgehead atoms. The number of benzene rings is 1. The Balaban J connectivity index is 1.13. The van der Waals surface area contributed by atoms with E-state index in [0.717, 1.165) is 50.4 Å². The SMILES string of the molecule is O=C(NC1CCC(Nc2cc(NC3CC3)c3ncc(C(=O)Nc4ccncc4F)n3n2)CC1)Oc1ccccc1Cl. The third kappa shape index (κ3) is 6.32. The molecule has 2 saturated carbocycles. The number of hydrogen-bond donors (Lipinski definition) is 4. The van der Waals surface area contributed by atoms with Gasteiger partial charge in [-0.3, -0.25) is 9.78 Å². The van der Waals surface area contributed by atoms with Crippen molar-refractivity contribution in [2.45, 2.75) is 56.7 Å². The standard InChI is InChI=1S/C28H28ClFN8O3/c29-19-3-1-2-4-24(19)41-28(40)35-18-9-7-17(8-10-18)34-25-13-22(33-16-5-6-16)26-32-15-23(38(26)37-25)27(39)36-21-11-12-31-14-20(21)30/h1-4,11-18,33H,5-10H2,(H,34,37)(H,35,40)(H,31,36,39). The lowest BCUT2D eigenvalue weighted by Gasteiger charge is -2.29. The molecule has 0 radical (unpaired) electrons. The van der Waals surface area contributed by atoms with E-state index in [2.05, 4.69) is 36.3 Å². The molecular formula is C28H28ClFN8O3. The number of fused-ring (bicyclic) bond motifs is 1. The first-order chi connectivity index (χ1) is 19.9. The van der Waals surface area contributed by atoms with Crippen LogP contribution in [0.1, 0.15) is 49.0 Å². The fraction of sp³-hybridized carbons (Fsp3) is 0.321. The molecule has 4 aromatic rings. The van der Waals surface area contributed by atoms with Crippen LogP contribution < -0.4 is 26.0 Å². The van der Waals surface area contributed by atoms with Gasteiger partial charge in [-0.2, -0.15) is 0 Å². The van der Waals surface area contributed by atoms with Gasteiger partial charge in [-0.05, 0) is 56.7 Å². The molecule has 0 aliphatic heterocycles. The molecule has 2 aliphatic carbocycles. The summed E-state index contributed by atoms with van der Waals surface area (Å²) < 4.78 is 20.9. The second-order valence-electron chi connectivity index (χ2n) is 10.2. The van der Waals surface area contributed by atoms with Gasteiger partial charge in [0, 0.05) is 30.4 Å². The molecule has 11 nitrogen and oxygen atoms in total. The molecule has 1 aromatic carbocycles. The zero-order valence-electron chi connectivity index (χ0n) is 21.9. The van der Waals surface area contributed by atoms with Gasteiger partial charge in [-0.1, -0.05) is 23.7 Å². The van der Waals surface area contributed by atoms with Crippen molar-refractivity contribution in [2.24, 2.45) is 0 Å². The summed E-state index contributed by atoms with van der Waals surface area (Å²) in [5, 5.41) is 17.5. The molecular weight excluding hydrogens is 551 g/mol. The Morgan fingerprint density at radius 1 is 0.951 bits per heavy atom. The van der Waals surface area contributed by atoms with E-state index in [1.54, 1.807) is 24.3 Å². The van der Waals surface area contributed by atoms with Gasteiger partial charge in [0.25, 0.3) is 5.91 Å². The van der Waals surface area contributed by atoms with Gasteiger partial charge in [-0.25, -0.2) is 18.7 Å². The Morgan fingerprint density at radius 2 is 1.68 bits per heavy atom. The van der Waals surface area contributed by atoms with Crippen molar-refractivity contribution >= 4 is 46.4 Å². The van der Waals surface area contributed by atoms with E-state index < -0.39 is 17.8 Å². The van der Waals surface area contributed by atoms with E-state index in [1.165, 1.54) is 23.0 Å². The second kappa shape index (κ2) is 11.6. The predicted octanol–water partition coefficient (Wildman–Crippen LogP) is 5.26. The highest BCUT2D eigenvalue weighted by molar-refractivity contribution is 6.32. The fourth-order valence-electron chi connectivity index (χ4n) is 4.83. The van der Waals surface area contributed by atoms with E-state index in [9.17, 15) is 14.0 Å². The van der Waals surface area contributed by atoms with E-state index in [1.807, 2.05) is 6.07 Å². The average molecular weight is 579 g/mol. The van der Waals surface area contributed by atoms with Crippen LogP contribution in [0.3, 0.4) is 0 Å². The van der Waals surface area contributed by atoms with E-state index in [0.29, 0.717) is 28.3 Å². The van der Waals surface area contributed by atoms with Crippen LogP contribution in [-0.2, 0) is 0 Å².